The quantitative estimate of drug-likeness (QED) is 0.735. The van der Waals surface area contributed by atoms with Crippen LogP contribution in [0, 0.1) is 6.92 Å². The van der Waals surface area contributed by atoms with Crippen LogP contribution in [0.3, 0.4) is 0 Å². The molecule has 1 unspecified atom stereocenters. The number of hydrogen-bond donors (Lipinski definition) is 0. The number of nitrogens with zero attached hydrogens (tertiary/aromatic N) is 1. The second kappa shape index (κ2) is 7.18. The molecule has 0 N–H and O–H groups in total. The second-order valence-electron chi connectivity index (χ2n) is 6.31. The van der Waals surface area contributed by atoms with Gasteiger partial charge in [0.15, 0.2) is 0 Å². The minimum absolute atomic E-state index is 0.372. The molecule has 2 nitrogen and oxygen atoms in total. The Morgan fingerprint density at radius 2 is 2.00 bits per heavy atom. The van der Waals surface area contributed by atoms with Crippen LogP contribution in [0.15, 0.2) is 42.5 Å². The molecule has 0 aromatic heterocycles. The predicted octanol–water partition coefficient (Wildman–Crippen LogP) is 4.80. The van der Waals surface area contributed by atoms with Gasteiger partial charge in [-0.05, 0) is 67.1 Å². The molecule has 120 valence electrons. The molecule has 0 bridgehead atoms. The molecular weight excluding hydrogens is 306 g/mol. The number of anilines is 1. The zero-order valence-corrected chi connectivity index (χ0v) is 14.2. The van der Waals surface area contributed by atoms with Crippen molar-refractivity contribution < 1.29 is 4.79 Å². The van der Waals surface area contributed by atoms with Crippen LogP contribution in [-0.2, 0) is 11.2 Å². The number of carbonyl (C=O) groups is 1. The molecule has 0 radical (unpaired) electrons. The van der Waals surface area contributed by atoms with Crippen LogP contribution in [0.4, 0.5) is 5.69 Å². The first-order valence-corrected chi connectivity index (χ1v) is 8.59. The van der Waals surface area contributed by atoms with E-state index in [1.807, 2.05) is 12.1 Å². The molecular formula is C20H22ClNO. The predicted molar refractivity (Wildman–Crippen MR) is 96.5 cm³/mol. The van der Waals surface area contributed by atoms with E-state index in [1.165, 1.54) is 28.8 Å². The van der Waals surface area contributed by atoms with Crippen molar-refractivity contribution in [3.05, 3.63) is 64.2 Å². The summed E-state index contributed by atoms with van der Waals surface area (Å²) in [6, 6.07) is 15.2. The number of hydrogen-bond acceptors (Lipinski definition) is 2. The number of benzene rings is 2. The Kier molecular flexibility index (Phi) is 5.02. The average Bonchev–Trinajstić information content (AvgIpc) is 2.99. The molecule has 0 spiro atoms. The van der Waals surface area contributed by atoms with E-state index in [9.17, 15) is 4.79 Å². The van der Waals surface area contributed by atoms with Crippen molar-refractivity contribution >= 4 is 23.6 Å². The molecule has 1 saturated heterocycles. The van der Waals surface area contributed by atoms with Crippen LogP contribution in [0.1, 0.15) is 36.0 Å². The lowest BCUT2D eigenvalue weighted by Crippen LogP contribution is -2.29. The minimum Gasteiger partial charge on any atom is -0.368 e. The molecule has 1 heterocycles. The van der Waals surface area contributed by atoms with Crippen molar-refractivity contribution in [2.24, 2.45) is 0 Å². The summed E-state index contributed by atoms with van der Waals surface area (Å²) in [5.74, 6) is 0. The minimum atomic E-state index is 0.372. The normalized spacial score (nSPS) is 17.5. The first-order valence-electron chi connectivity index (χ1n) is 8.21. The molecule has 0 aliphatic carbocycles. The molecule has 2 aromatic carbocycles. The van der Waals surface area contributed by atoms with Gasteiger partial charge in [0.25, 0.3) is 0 Å². The van der Waals surface area contributed by atoms with E-state index in [-0.39, 0.29) is 0 Å². The first-order chi connectivity index (χ1) is 11.2. The first kappa shape index (κ1) is 16.1. The average molecular weight is 328 g/mol. The highest BCUT2D eigenvalue weighted by Gasteiger charge is 2.24. The SMILES string of the molecule is Cc1cc(Cl)ccc1Cc1ccc(N2CCCC2CC=O)cc1. The van der Waals surface area contributed by atoms with Crippen LogP contribution >= 0.6 is 11.6 Å². The van der Waals surface area contributed by atoms with Crippen molar-refractivity contribution in [1.29, 1.82) is 0 Å². The molecule has 1 fully saturated rings. The van der Waals surface area contributed by atoms with Crippen LogP contribution in [-0.4, -0.2) is 18.9 Å². The van der Waals surface area contributed by atoms with E-state index < -0.39 is 0 Å². The van der Waals surface area contributed by atoms with Crippen LogP contribution in [0.25, 0.3) is 0 Å². The molecule has 1 aliphatic rings. The third kappa shape index (κ3) is 3.76. The Balaban J connectivity index is 1.73. The van der Waals surface area contributed by atoms with Crippen LogP contribution in [0.2, 0.25) is 5.02 Å². The molecule has 1 aliphatic heterocycles. The van der Waals surface area contributed by atoms with Gasteiger partial charge in [0, 0.05) is 29.7 Å². The maximum atomic E-state index is 10.8. The number of aldehydes is 1. The summed E-state index contributed by atoms with van der Waals surface area (Å²) in [6.45, 7) is 3.15. The summed E-state index contributed by atoms with van der Waals surface area (Å²) in [5.41, 5.74) is 5.06. The highest BCUT2D eigenvalue weighted by atomic mass is 35.5. The summed E-state index contributed by atoms with van der Waals surface area (Å²) < 4.78 is 0. The fourth-order valence-corrected chi connectivity index (χ4v) is 3.64. The highest BCUT2D eigenvalue weighted by molar-refractivity contribution is 6.30. The second-order valence-corrected chi connectivity index (χ2v) is 6.74. The third-order valence-electron chi connectivity index (χ3n) is 4.71. The van der Waals surface area contributed by atoms with E-state index in [0.717, 1.165) is 30.7 Å². The van der Waals surface area contributed by atoms with Crippen molar-refractivity contribution in [2.75, 3.05) is 11.4 Å². The third-order valence-corrected chi connectivity index (χ3v) is 4.95. The van der Waals surface area contributed by atoms with Crippen molar-refractivity contribution in [3.8, 4) is 0 Å². The lowest BCUT2D eigenvalue weighted by atomic mass is 10.0. The highest BCUT2D eigenvalue weighted by Crippen LogP contribution is 2.28. The van der Waals surface area contributed by atoms with Gasteiger partial charge in [0.05, 0.1) is 0 Å². The van der Waals surface area contributed by atoms with Crippen molar-refractivity contribution in [2.45, 2.75) is 38.6 Å². The summed E-state index contributed by atoms with van der Waals surface area (Å²) in [5, 5.41) is 0.789. The number of rotatable bonds is 5. The van der Waals surface area contributed by atoms with Crippen LogP contribution < -0.4 is 4.90 Å². The summed E-state index contributed by atoms with van der Waals surface area (Å²) in [4.78, 5) is 13.2. The molecule has 2 aromatic rings. The fraction of sp³-hybridized carbons (Fsp3) is 0.350. The summed E-state index contributed by atoms with van der Waals surface area (Å²) in [7, 11) is 0. The van der Waals surface area contributed by atoms with Crippen LogP contribution in [0.5, 0.6) is 0 Å². The van der Waals surface area contributed by atoms with Gasteiger partial charge in [-0.2, -0.15) is 0 Å². The number of halogens is 1. The Morgan fingerprint density at radius 1 is 1.22 bits per heavy atom. The van der Waals surface area contributed by atoms with E-state index in [2.05, 4.69) is 42.2 Å². The van der Waals surface area contributed by atoms with Gasteiger partial charge in [-0.1, -0.05) is 29.8 Å². The van der Waals surface area contributed by atoms with Gasteiger partial charge in [-0.25, -0.2) is 0 Å². The summed E-state index contributed by atoms with van der Waals surface area (Å²) in [6.07, 6.45) is 4.88. The molecule has 3 rings (SSSR count). The smallest absolute Gasteiger partial charge is 0.122 e. The Bertz CT molecular complexity index is 681. The lowest BCUT2D eigenvalue weighted by molar-refractivity contribution is -0.108. The zero-order chi connectivity index (χ0) is 16.2. The van der Waals surface area contributed by atoms with Gasteiger partial charge in [-0.15, -0.1) is 0 Å². The fourth-order valence-electron chi connectivity index (χ4n) is 3.41. The molecule has 3 heteroatoms. The standard InChI is InChI=1S/C20H22ClNO/c1-15-13-18(21)7-6-17(15)14-16-4-8-20(9-5-16)22-11-2-3-19(22)10-12-23/h4-9,12-13,19H,2-3,10-11,14H2,1H3. The van der Waals surface area contributed by atoms with E-state index in [0.29, 0.717) is 12.5 Å². The van der Waals surface area contributed by atoms with Gasteiger partial charge in [-0.3, -0.25) is 0 Å². The van der Waals surface area contributed by atoms with E-state index in [4.69, 9.17) is 11.6 Å². The topological polar surface area (TPSA) is 20.3 Å². The Hall–Kier alpha value is -1.80. The van der Waals surface area contributed by atoms with Gasteiger partial charge in [0.1, 0.15) is 6.29 Å². The molecule has 0 amide bonds. The maximum absolute atomic E-state index is 10.8. The zero-order valence-electron chi connectivity index (χ0n) is 13.5. The summed E-state index contributed by atoms with van der Waals surface area (Å²) >= 11 is 6.02. The van der Waals surface area contributed by atoms with Gasteiger partial charge < -0.3 is 9.69 Å². The molecule has 0 saturated carbocycles. The number of aryl methyl sites for hydroxylation is 1. The largest absolute Gasteiger partial charge is 0.368 e. The Labute approximate surface area is 143 Å². The van der Waals surface area contributed by atoms with E-state index in [1.54, 1.807) is 0 Å². The van der Waals surface area contributed by atoms with Crippen molar-refractivity contribution in [1.82, 2.24) is 0 Å². The number of carbonyl (C=O) groups excluding carboxylic acids is 1. The van der Waals surface area contributed by atoms with Gasteiger partial charge >= 0.3 is 0 Å². The van der Waals surface area contributed by atoms with E-state index >= 15 is 0 Å². The Morgan fingerprint density at radius 3 is 2.70 bits per heavy atom. The molecule has 1 atom stereocenters. The van der Waals surface area contributed by atoms with Gasteiger partial charge in [0.2, 0.25) is 0 Å². The van der Waals surface area contributed by atoms with Crippen molar-refractivity contribution in [3.63, 3.8) is 0 Å². The lowest BCUT2D eigenvalue weighted by Gasteiger charge is -2.25. The maximum Gasteiger partial charge on any atom is 0.122 e. The monoisotopic (exact) mass is 327 g/mol. The molecule has 23 heavy (non-hydrogen) atoms.